The number of amides is 1. The number of methoxy groups -OCH3 is 1. The molecule has 4 rings (SSSR count). The van der Waals surface area contributed by atoms with E-state index in [0.29, 0.717) is 11.5 Å². The quantitative estimate of drug-likeness (QED) is 0.621. The second kappa shape index (κ2) is 8.52. The van der Waals surface area contributed by atoms with E-state index in [-0.39, 0.29) is 18.4 Å². The van der Waals surface area contributed by atoms with Crippen molar-refractivity contribution in [3.05, 3.63) is 71.9 Å². The van der Waals surface area contributed by atoms with Gasteiger partial charge in [-0.05, 0) is 55.0 Å². The van der Waals surface area contributed by atoms with E-state index in [1.807, 2.05) is 46.0 Å². The van der Waals surface area contributed by atoms with Crippen molar-refractivity contribution in [3.8, 4) is 0 Å². The number of ether oxygens (including phenoxy) is 1. The smallest absolute Gasteiger partial charge is 0.325 e. The zero-order valence-electron chi connectivity index (χ0n) is 16.7. The monoisotopic (exact) mass is 390 g/mol. The van der Waals surface area contributed by atoms with Crippen molar-refractivity contribution in [2.45, 2.75) is 25.8 Å². The summed E-state index contributed by atoms with van der Waals surface area (Å²) in [5.41, 5.74) is 3.00. The number of piperidine rings is 1. The first-order valence-corrected chi connectivity index (χ1v) is 10.1. The third kappa shape index (κ3) is 4.34. The minimum absolute atomic E-state index is 0.0887. The van der Waals surface area contributed by atoms with E-state index in [4.69, 9.17) is 4.74 Å². The van der Waals surface area contributed by atoms with Gasteiger partial charge in [0.15, 0.2) is 0 Å². The maximum atomic E-state index is 13.0. The van der Waals surface area contributed by atoms with Crippen LogP contribution in [0.5, 0.6) is 0 Å². The van der Waals surface area contributed by atoms with Gasteiger partial charge in [0.25, 0.3) is 5.91 Å². The molecule has 1 aromatic heterocycles. The van der Waals surface area contributed by atoms with Crippen LogP contribution in [0.15, 0.2) is 60.8 Å². The minimum Gasteiger partial charge on any atom is -0.468 e. The Morgan fingerprint density at radius 3 is 2.52 bits per heavy atom. The fourth-order valence-corrected chi connectivity index (χ4v) is 4.14. The number of nitrogens with zero attached hydrogens (tertiary/aromatic N) is 2. The molecule has 0 spiro atoms. The van der Waals surface area contributed by atoms with E-state index in [1.54, 1.807) is 0 Å². The van der Waals surface area contributed by atoms with Crippen LogP contribution in [0.1, 0.15) is 28.8 Å². The molecular formula is C24H26N2O3. The van der Waals surface area contributed by atoms with Crippen LogP contribution in [-0.4, -0.2) is 41.5 Å². The highest BCUT2D eigenvalue weighted by molar-refractivity contribution is 5.98. The maximum Gasteiger partial charge on any atom is 0.325 e. The Balaban J connectivity index is 1.39. The number of aromatic nitrogens is 1. The molecule has 5 heteroatoms. The molecule has 2 heterocycles. The van der Waals surface area contributed by atoms with Crippen LogP contribution >= 0.6 is 0 Å². The zero-order valence-corrected chi connectivity index (χ0v) is 16.7. The third-order valence-corrected chi connectivity index (χ3v) is 5.81. The Labute approximate surface area is 170 Å². The Morgan fingerprint density at radius 2 is 1.79 bits per heavy atom. The van der Waals surface area contributed by atoms with Gasteiger partial charge in [-0.25, -0.2) is 0 Å². The normalized spacial score (nSPS) is 14.9. The van der Waals surface area contributed by atoms with Crippen molar-refractivity contribution < 1.29 is 14.3 Å². The summed E-state index contributed by atoms with van der Waals surface area (Å²) in [5.74, 6) is 0.433. The fourth-order valence-electron chi connectivity index (χ4n) is 4.14. The summed E-state index contributed by atoms with van der Waals surface area (Å²) >= 11 is 0. The van der Waals surface area contributed by atoms with Crippen LogP contribution < -0.4 is 0 Å². The summed E-state index contributed by atoms with van der Waals surface area (Å²) in [7, 11) is 1.38. The molecule has 2 aromatic carbocycles. The molecule has 1 amide bonds. The van der Waals surface area contributed by atoms with Gasteiger partial charge in [0.2, 0.25) is 0 Å². The summed E-state index contributed by atoms with van der Waals surface area (Å²) in [4.78, 5) is 26.5. The van der Waals surface area contributed by atoms with E-state index in [0.717, 1.165) is 43.3 Å². The topological polar surface area (TPSA) is 51.5 Å². The van der Waals surface area contributed by atoms with Crippen molar-refractivity contribution in [1.29, 1.82) is 0 Å². The molecule has 5 nitrogen and oxygen atoms in total. The maximum absolute atomic E-state index is 13.0. The largest absolute Gasteiger partial charge is 0.468 e. The lowest BCUT2D eigenvalue weighted by Crippen LogP contribution is -2.38. The number of hydrogen-bond acceptors (Lipinski definition) is 3. The van der Waals surface area contributed by atoms with Gasteiger partial charge in [0.05, 0.1) is 7.11 Å². The van der Waals surface area contributed by atoms with Gasteiger partial charge in [-0.3, -0.25) is 9.59 Å². The highest BCUT2D eigenvalue weighted by Gasteiger charge is 2.24. The van der Waals surface area contributed by atoms with Gasteiger partial charge in [-0.2, -0.15) is 0 Å². The Morgan fingerprint density at radius 1 is 1.03 bits per heavy atom. The molecule has 1 aliphatic heterocycles. The van der Waals surface area contributed by atoms with Gasteiger partial charge < -0.3 is 14.2 Å². The number of carbonyl (C=O) groups excluding carboxylic acids is 2. The number of rotatable bonds is 5. The second-order valence-corrected chi connectivity index (χ2v) is 7.72. The third-order valence-electron chi connectivity index (χ3n) is 5.81. The first kappa shape index (κ1) is 19.2. The van der Waals surface area contributed by atoms with E-state index in [9.17, 15) is 9.59 Å². The van der Waals surface area contributed by atoms with Crippen molar-refractivity contribution in [2.24, 2.45) is 5.92 Å². The molecular weight excluding hydrogens is 364 g/mol. The predicted molar refractivity (Wildman–Crippen MR) is 113 cm³/mol. The van der Waals surface area contributed by atoms with Crippen molar-refractivity contribution in [3.63, 3.8) is 0 Å². The van der Waals surface area contributed by atoms with E-state index >= 15 is 0 Å². The molecule has 0 N–H and O–H groups in total. The van der Waals surface area contributed by atoms with Gasteiger partial charge in [0, 0.05) is 35.8 Å². The molecule has 0 aliphatic carbocycles. The van der Waals surface area contributed by atoms with Crippen LogP contribution in [0.3, 0.4) is 0 Å². The van der Waals surface area contributed by atoms with Gasteiger partial charge >= 0.3 is 5.97 Å². The van der Waals surface area contributed by atoms with Gasteiger partial charge in [-0.1, -0.05) is 30.3 Å². The van der Waals surface area contributed by atoms with E-state index < -0.39 is 0 Å². The van der Waals surface area contributed by atoms with E-state index in [1.165, 1.54) is 12.7 Å². The zero-order chi connectivity index (χ0) is 20.2. The Hall–Kier alpha value is -3.08. The van der Waals surface area contributed by atoms with Gasteiger partial charge in [0.1, 0.15) is 6.54 Å². The summed E-state index contributed by atoms with van der Waals surface area (Å²) in [6.45, 7) is 1.78. The SMILES string of the molecule is COC(=O)Cn1ccc2cc(C(=O)N3CCC(Cc4ccccc4)CC3)ccc21. The lowest BCUT2D eigenvalue weighted by molar-refractivity contribution is -0.141. The molecule has 1 aliphatic rings. The summed E-state index contributed by atoms with van der Waals surface area (Å²) in [6.07, 6.45) is 5.02. The number of fused-ring (bicyclic) bond motifs is 1. The fraction of sp³-hybridized carbons (Fsp3) is 0.333. The predicted octanol–water partition coefficient (Wildman–Crippen LogP) is 3.91. The lowest BCUT2D eigenvalue weighted by atomic mass is 9.90. The van der Waals surface area contributed by atoms with Crippen LogP contribution in [0.2, 0.25) is 0 Å². The van der Waals surface area contributed by atoms with Crippen LogP contribution in [-0.2, 0) is 22.5 Å². The second-order valence-electron chi connectivity index (χ2n) is 7.72. The molecule has 0 unspecified atom stereocenters. The molecule has 3 aromatic rings. The first-order chi connectivity index (χ1) is 14.1. The van der Waals surface area contributed by atoms with E-state index in [2.05, 4.69) is 24.3 Å². The summed E-state index contributed by atoms with van der Waals surface area (Å²) < 4.78 is 6.58. The summed E-state index contributed by atoms with van der Waals surface area (Å²) in [5, 5.41) is 0.957. The highest BCUT2D eigenvalue weighted by atomic mass is 16.5. The number of esters is 1. The number of carbonyl (C=O) groups is 2. The number of benzene rings is 2. The lowest BCUT2D eigenvalue weighted by Gasteiger charge is -2.32. The number of likely N-dealkylation sites (tertiary alicyclic amines) is 1. The van der Waals surface area contributed by atoms with Crippen molar-refractivity contribution in [2.75, 3.05) is 20.2 Å². The molecule has 1 saturated heterocycles. The summed E-state index contributed by atoms with van der Waals surface area (Å²) in [6, 6.07) is 18.2. The molecule has 1 fully saturated rings. The Kier molecular flexibility index (Phi) is 5.65. The highest BCUT2D eigenvalue weighted by Crippen LogP contribution is 2.24. The van der Waals surface area contributed by atoms with Crippen molar-refractivity contribution in [1.82, 2.24) is 9.47 Å². The molecule has 0 saturated carbocycles. The van der Waals surface area contributed by atoms with Crippen LogP contribution in [0.25, 0.3) is 10.9 Å². The molecule has 0 radical (unpaired) electrons. The molecule has 29 heavy (non-hydrogen) atoms. The van der Waals surface area contributed by atoms with Crippen molar-refractivity contribution >= 4 is 22.8 Å². The van der Waals surface area contributed by atoms with Crippen LogP contribution in [0, 0.1) is 5.92 Å². The standard InChI is InChI=1S/C24H26N2O3/c1-29-23(27)17-26-14-11-20-16-21(7-8-22(20)26)24(28)25-12-9-19(10-13-25)15-18-5-3-2-4-6-18/h2-8,11,14,16,19H,9-10,12-13,15,17H2,1H3. The number of hydrogen-bond donors (Lipinski definition) is 0. The Bertz CT molecular complexity index is 1000. The average molecular weight is 390 g/mol. The molecule has 0 atom stereocenters. The molecule has 0 bridgehead atoms. The molecule has 150 valence electrons. The van der Waals surface area contributed by atoms with Gasteiger partial charge in [-0.15, -0.1) is 0 Å². The average Bonchev–Trinajstić information content (AvgIpc) is 3.16. The van der Waals surface area contributed by atoms with Crippen LogP contribution in [0.4, 0.5) is 0 Å². The first-order valence-electron chi connectivity index (χ1n) is 10.1. The minimum atomic E-state index is -0.291.